The van der Waals surface area contributed by atoms with Crippen LogP contribution in [0.5, 0.6) is 5.75 Å². The van der Waals surface area contributed by atoms with Crippen molar-refractivity contribution < 1.29 is 18.7 Å². The molecule has 0 unspecified atom stereocenters. The van der Waals surface area contributed by atoms with Gasteiger partial charge < -0.3 is 19.8 Å². The van der Waals surface area contributed by atoms with Gasteiger partial charge in [0.15, 0.2) is 0 Å². The summed E-state index contributed by atoms with van der Waals surface area (Å²) < 4.78 is 10.9. The van der Waals surface area contributed by atoms with E-state index in [4.69, 9.17) is 9.15 Å². The van der Waals surface area contributed by atoms with Crippen molar-refractivity contribution in [2.24, 2.45) is 0 Å². The first-order valence-corrected chi connectivity index (χ1v) is 9.86. The molecular weight excluding hydrogens is 388 g/mol. The number of hydrogen-bond acceptors (Lipinski definition) is 5. The number of furan rings is 1. The lowest BCUT2D eigenvalue weighted by Gasteiger charge is -2.08. The number of amides is 2. The van der Waals surface area contributed by atoms with E-state index in [1.165, 1.54) is 11.3 Å². The molecular formula is C22H18N2O4S. The molecule has 0 fully saturated rings. The van der Waals surface area contributed by atoms with E-state index in [0.717, 1.165) is 5.56 Å². The third-order valence-corrected chi connectivity index (χ3v) is 5.09. The smallest absolute Gasteiger partial charge is 0.293 e. The van der Waals surface area contributed by atoms with E-state index in [1.54, 1.807) is 37.4 Å². The van der Waals surface area contributed by atoms with Gasteiger partial charge in [0.1, 0.15) is 17.0 Å². The van der Waals surface area contributed by atoms with Crippen LogP contribution >= 0.6 is 11.3 Å². The van der Waals surface area contributed by atoms with E-state index in [1.807, 2.05) is 35.0 Å². The van der Waals surface area contributed by atoms with Gasteiger partial charge in [-0.3, -0.25) is 9.59 Å². The minimum atomic E-state index is -0.447. The highest BCUT2D eigenvalue weighted by atomic mass is 32.1. The van der Waals surface area contributed by atoms with Gasteiger partial charge in [-0.2, -0.15) is 11.3 Å². The van der Waals surface area contributed by atoms with Crippen molar-refractivity contribution in [2.45, 2.75) is 6.42 Å². The summed E-state index contributed by atoms with van der Waals surface area (Å²) in [5, 5.41) is 10.2. The zero-order valence-electron chi connectivity index (χ0n) is 15.6. The van der Waals surface area contributed by atoms with E-state index in [-0.39, 0.29) is 18.1 Å². The average molecular weight is 406 g/mol. The van der Waals surface area contributed by atoms with Crippen molar-refractivity contribution in [1.82, 2.24) is 0 Å². The molecule has 2 amide bonds. The Balaban J connectivity index is 1.61. The lowest BCUT2D eigenvalue weighted by Crippen LogP contribution is -2.18. The lowest BCUT2D eigenvalue weighted by molar-refractivity contribution is -0.115. The van der Waals surface area contributed by atoms with Gasteiger partial charge in [-0.25, -0.2) is 0 Å². The summed E-state index contributed by atoms with van der Waals surface area (Å²) >= 11 is 1.53. The Kier molecular flexibility index (Phi) is 5.31. The quantitative estimate of drug-likeness (QED) is 0.475. The fraction of sp³-hybridized carbons (Fsp3) is 0.0909. The van der Waals surface area contributed by atoms with Gasteiger partial charge in [-0.05, 0) is 58.8 Å². The van der Waals surface area contributed by atoms with E-state index in [0.29, 0.717) is 28.1 Å². The molecule has 2 heterocycles. The number of nitrogens with one attached hydrogen (secondary N) is 2. The number of benzene rings is 2. The molecule has 2 N–H and O–H groups in total. The van der Waals surface area contributed by atoms with Crippen LogP contribution in [0.25, 0.3) is 11.0 Å². The second-order valence-corrected chi connectivity index (χ2v) is 7.12. The topological polar surface area (TPSA) is 80.6 Å². The third-order valence-electron chi connectivity index (χ3n) is 4.36. The molecule has 0 aliphatic rings. The summed E-state index contributed by atoms with van der Waals surface area (Å²) in [6.07, 6.45) is 0.225. The maximum absolute atomic E-state index is 12.9. The highest BCUT2D eigenvalue weighted by Crippen LogP contribution is 2.32. The normalized spacial score (nSPS) is 10.7. The molecule has 146 valence electrons. The average Bonchev–Trinajstić information content (AvgIpc) is 3.37. The number of thiophene rings is 1. The van der Waals surface area contributed by atoms with Gasteiger partial charge in [0, 0.05) is 11.1 Å². The van der Waals surface area contributed by atoms with E-state index in [2.05, 4.69) is 10.6 Å². The molecule has 0 bridgehead atoms. The maximum atomic E-state index is 12.9. The monoisotopic (exact) mass is 406 g/mol. The van der Waals surface area contributed by atoms with Gasteiger partial charge in [0.05, 0.1) is 13.5 Å². The van der Waals surface area contributed by atoms with Gasteiger partial charge >= 0.3 is 0 Å². The molecule has 2 aromatic heterocycles. The highest BCUT2D eigenvalue weighted by Gasteiger charge is 2.22. The van der Waals surface area contributed by atoms with Gasteiger partial charge in [-0.15, -0.1) is 0 Å². The maximum Gasteiger partial charge on any atom is 0.293 e. The van der Waals surface area contributed by atoms with Crippen LogP contribution in [0.15, 0.2) is 69.8 Å². The highest BCUT2D eigenvalue weighted by molar-refractivity contribution is 7.08. The van der Waals surface area contributed by atoms with Crippen LogP contribution in [-0.4, -0.2) is 18.9 Å². The minimum Gasteiger partial charge on any atom is -0.497 e. The number of rotatable bonds is 6. The summed E-state index contributed by atoms with van der Waals surface area (Å²) in [5.41, 5.74) is 2.40. The largest absolute Gasteiger partial charge is 0.497 e. The van der Waals surface area contributed by atoms with Gasteiger partial charge in [-0.1, -0.05) is 12.1 Å². The standard InChI is InChI=1S/C22H18N2O4S/c1-27-16-8-6-15(7-9-16)23-22(26)21-20(17-4-2-3-5-18(17)28-21)24-19(25)12-14-10-11-29-13-14/h2-11,13H,12H2,1H3,(H,23,26)(H,24,25). The minimum absolute atomic E-state index is 0.0562. The number of methoxy groups -OCH3 is 1. The van der Waals surface area contributed by atoms with Gasteiger partial charge in [0.2, 0.25) is 11.7 Å². The Labute approximate surface area is 171 Å². The predicted octanol–water partition coefficient (Wildman–Crippen LogP) is 4.94. The molecule has 0 spiro atoms. The first kappa shape index (κ1) is 18.8. The Morgan fingerprint density at radius 1 is 1.03 bits per heavy atom. The van der Waals surface area contributed by atoms with Crippen LogP contribution in [-0.2, 0) is 11.2 Å². The Morgan fingerprint density at radius 3 is 2.55 bits per heavy atom. The van der Waals surface area contributed by atoms with Crippen molar-refractivity contribution >= 4 is 45.5 Å². The van der Waals surface area contributed by atoms with Crippen molar-refractivity contribution in [3.05, 3.63) is 76.7 Å². The zero-order valence-corrected chi connectivity index (χ0v) is 16.4. The van der Waals surface area contributed by atoms with Crippen molar-refractivity contribution in [2.75, 3.05) is 17.7 Å². The zero-order chi connectivity index (χ0) is 20.2. The van der Waals surface area contributed by atoms with Gasteiger partial charge in [0.25, 0.3) is 5.91 Å². The van der Waals surface area contributed by atoms with E-state index in [9.17, 15) is 9.59 Å². The molecule has 0 radical (unpaired) electrons. The molecule has 7 heteroatoms. The Bertz CT molecular complexity index is 1150. The summed E-state index contributed by atoms with van der Waals surface area (Å²) in [4.78, 5) is 25.4. The number of hydrogen-bond donors (Lipinski definition) is 2. The van der Waals surface area contributed by atoms with Crippen molar-refractivity contribution in [3.63, 3.8) is 0 Å². The molecule has 4 aromatic rings. The molecule has 0 aliphatic carbocycles. The molecule has 29 heavy (non-hydrogen) atoms. The number of para-hydroxylation sites is 1. The van der Waals surface area contributed by atoms with Crippen LogP contribution in [0.2, 0.25) is 0 Å². The third kappa shape index (κ3) is 4.14. The molecule has 0 saturated carbocycles. The molecule has 0 aliphatic heterocycles. The van der Waals surface area contributed by atoms with Crippen LogP contribution in [0, 0.1) is 0 Å². The summed E-state index contributed by atoms with van der Waals surface area (Å²) in [5.74, 6) is 0.0828. The van der Waals surface area contributed by atoms with Crippen molar-refractivity contribution in [3.8, 4) is 5.75 Å². The summed E-state index contributed by atoms with van der Waals surface area (Å²) in [6.45, 7) is 0. The first-order valence-electron chi connectivity index (χ1n) is 8.92. The molecule has 4 rings (SSSR count). The number of carbonyl (C=O) groups is 2. The van der Waals surface area contributed by atoms with E-state index < -0.39 is 5.91 Å². The van der Waals surface area contributed by atoms with Crippen molar-refractivity contribution in [1.29, 1.82) is 0 Å². The fourth-order valence-corrected chi connectivity index (χ4v) is 3.62. The molecule has 6 nitrogen and oxygen atoms in total. The summed E-state index contributed by atoms with van der Waals surface area (Å²) in [7, 11) is 1.58. The number of fused-ring (bicyclic) bond motifs is 1. The number of carbonyl (C=O) groups excluding carboxylic acids is 2. The molecule has 0 saturated heterocycles. The van der Waals surface area contributed by atoms with Crippen LogP contribution in [0.1, 0.15) is 16.1 Å². The Morgan fingerprint density at radius 2 is 1.83 bits per heavy atom. The fourth-order valence-electron chi connectivity index (χ4n) is 2.95. The SMILES string of the molecule is COc1ccc(NC(=O)c2oc3ccccc3c2NC(=O)Cc2ccsc2)cc1. The lowest BCUT2D eigenvalue weighted by atomic mass is 10.2. The summed E-state index contributed by atoms with van der Waals surface area (Å²) in [6, 6.07) is 16.1. The van der Waals surface area contributed by atoms with Crippen LogP contribution in [0.3, 0.4) is 0 Å². The molecule has 2 aromatic carbocycles. The van der Waals surface area contributed by atoms with Crippen LogP contribution in [0.4, 0.5) is 11.4 Å². The first-order chi connectivity index (χ1) is 14.1. The number of ether oxygens (including phenoxy) is 1. The Hall–Kier alpha value is -3.58. The van der Waals surface area contributed by atoms with E-state index >= 15 is 0 Å². The second kappa shape index (κ2) is 8.20. The molecule has 0 atom stereocenters. The number of anilines is 2. The second-order valence-electron chi connectivity index (χ2n) is 6.34. The van der Waals surface area contributed by atoms with Crippen LogP contribution < -0.4 is 15.4 Å². The predicted molar refractivity (Wildman–Crippen MR) is 114 cm³/mol.